The Labute approximate surface area is 177 Å². The van der Waals surface area contributed by atoms with Gasteiger partial charge in [-0.15, -0.1) is 0 Å². The van der Waals surface area contributed by atoms with Crippen LogP contribution in [0.25, 0.3) is 5.69 Å². The third-order valence-corrected chi connectivity index (χ3v) is 4.79. The van der Waals surface area contributed by atoms with Crippen molar-refractivity contribution in [2.24, 2.45) is 12.1 Å². The number of nitro groups is 1. The van der Waals surface area contributed by atoms with Crippen LogP contribution in [0.4, 0.5) is 11.4 Å². The van der Waals surface area contributed by atoms with E-state index in [9.17, 15) is 14.9 Å². The molecular weight excluding hydrogens is 404 g/mol. The van der Waals surface area contributed by atoms with Gasteiger partial charge in [-0.05, 0) is 38.2 Å². The average molecular weight is 424 g/mol. The number of rotatable bonds is 5. The van der Waals surface area contributed by atoms with Crippen molar-refractivity contribution in [3.8, 4) is 5.69 Å². The summed E-state index contributed by atoms with van der Waals surface area (Å²) in [5, 5.41) is 18.1. The van der Waals surface area contributed by atoms with Gasteiger partial charge in [0.2, 0.25) is 0 Å². The van der Waals surface area contributed by atoms with Gasteiger partial charge in [-0.2, -0.15) is 5.10 Å². The highest BCUT2D eigenvalue weighted by Crippen LogP contribution is 2.15. The lowest BCUT2D eigenvalue weighted by Gasteiger charge is -2.07. The van der Waals surface area contributed by atoms with Crippen LogP contribution < -0.4 is 16.3 Å². The standard InChI is InChI=1S/C20H20N6O3S/c1-13(15-8-7-11-17(12-15)26(28)29)22-23-20(30)21-18-14(2)24(3)25(19(18)27)16-9-5-4-6-10-16/h4-12H,1-3H3,(H2,21,23,30)/b22-13+. The van der Waals surface area contributed by atoms with Gasteiger partial charge in [-0.1, -0.05) is 30.3 Å². The molecule has 3 aromatic rings. The fourth-order valence-electron chi connectivity index (χ4n) is 2.90. The molecule has 10 heteroatoms. The number of hydrogen-bond donors (Lipinski definition) is 2. The van der Waals surface area contributed by atoms with E-state index in [1.807, 2.05) is 37.3 Å². The Morgan fingerprint density at radius 2 is 1.87 bits per heavy atom. The summed E-state index contributed by atoms with van der Waals surface area (Å²) in [6.07, 6.45) is 0. The zero-order valence-electron chi connectivity index (χ0n) is 16.6. The predicted octanol–water partition coefficient (Wildman–Crippen LogP) is 3.10. The van der Waals surface area contributed by atoms with Gasteiger partial charge < -0.3 is 5.32 Å². The minimum Gasteiger partial charge on any atom is -0.325 e. The van der Waals surface area contributed by atoms with Crippen LogP contribution >= 0.6 is 12.2 Å². The van der Waals surface area contributed by atoms with Crippen LogP contribution in [0.5, 0.6) is 0 Å². The molecule has 30 heavy (non-hydrogen) atoms. The summed E-state index contributed by atoms with van der Waals surface area (Å²) >= 11 is 5.27. The molecule has 0 saturated heterocycles. The van der Waals surface area contributed by atoms with Crippen molar-refractivity contribution in [3.05, 3.63) is 86.3 Å². The van der Waals surface area contributed by atoms with E-state index >= 15 is 0 Å². The summed E-state index contributed by atoms with van der Waals surface area (Å²) < 4.78 is 3.28. The summed E-state index contributed by atoms with van der Waals surface area (Å²) in [4.78, 5) is 23.4. The molecule has 0 aliphatic rings. The lowest BCUT2D eigenvalue weighted by Crippen LogP contribution is -2.28. The predicted molar refractivity (Wildman–Crippen MR) is 120 cm³/mol. The molecule has 0 atom stereocenters. The Morgan fingerprint density at radius 1 is 1.17 bits per heavy atom. The van der Waals surface area contributed by atoms with E-state index in [-0.39, 0.29) is 16.4 Å². The zero-order chi connectivity index (χ0) is 21.8. The Balaban J connectivity index is 1.79. The Morgan fingerprint density at radius 3 is 2.53 bits per heavy atom. The number of non-ortho nitro benzene ring substituents is 1. The number of aromatic nitrogens is 2. The normalized spacial score (nSPS) is 11.2. The molecule has 2 aromatic carbocycles. The summed E-state index contributed by atoms with van der Waals surface area (Å²) in [6.45, 7) is 3.51. The van der Waals surface area contributed by atoms with Gasteiger partial charge in [0.05, 0.1) is 22.0 Å². The number of nitrogens with one attached hydrogen (secondary N) is 2. The second-order valence-electron chi connectivity index (χ2n) is 6.51. The molecule has 2 N–H and O–H groups in total. The molecule has 0 aliphatic carbocycles. The van der Waals surface area contributed by atoms with Crippen LogP contribution in [0.1, 0.15) is 18.2 Å². The van der Waals surface area contributed by atoms with Crippen molar-refractivity contribution in [2.45, 2.75) is 13.8 Å². The fraction of sp³-hybridized carbons (Fsp3) is 0.150. The number of benzene rings is 2. The number of para-hydroxylation sites is 1. The Hall–Kier alpha value is -3.79. The van der Waals surface area contributed by atoms with Crippen molar-refractivity contribution >= 4 is 34.4 Å². The molecule has 9 nitrogen and oxygen atoms in total. The molecule has 0 spiro atoms. The van der Waals surface area contributed by atoms with E-state index in [1.54, 1.807) is 30.8 Å². The maximum absolute atomic E-state index is 12.9. The fourth-order valence-corrected chi connectivity index (χ4v) is 3.05. The van der Waals surface area contributed by atoms with Crippen molar-refractivity contribution < 1.29 is 4.92 Å². The topological polar surface area (TPSA) is 106 Å². The van der Waals surface area contributed by atoms with Crippen LogP contribution in [0.2, 0.25) is 0 Å². The number of nitro benzene ring substituents is 1. The summed E-state index contributed by atoms with van der Waals surface area (Å²) in [5.74, 6) is 0. The molecule has 0 aliphatic heterocycles. The SMILES string of the molecule is C/C(=N\NC(=S)Nc1c(C)n(C)n(-c2ccccc2)c1=O)c1cccc([N+](=O)[O-])c1. The highest BCUT2D eigenvalue weighted by Gasteiger charge is 2.17. The highest BCUT2D eigenvalue weighted by atomic mass is 32.1. The molecule has 0 fully saturated rings. The number of hydrazone groups is 1. The summed E-state index contributed by atoms with van der Waals surface area (Å²) in [6, 6.07) is 15.4. The van der Waals surface area contributed by atoms with Crippen molar-refractivity contribution in [3.63, 3.8) is 0 Å². The molecule has 0 unspecified atom stereocenters. The average Bonchev–Trinajstić information content (AvgIpc) is 2.95. The number of anilines is 1. The lowest BCUT2D eigenvalue weighted by molar-refractivity contribution is -0.384. The summed E-state index contributed by atoms with van der Waals surface area (Å²) in [7, 11) is 1.79. The van der Waals surface area contributed by atoms with Crippen LogP contribution in [-0.2, 0) is 7.05 Å². The molecule has 0 radical (unpaired) electrons. The lowest BCUT2D eigenvalue weighted by atomic mass is 10.1. The van der Waals surface area contributed by atoms with Crippen LogP contribution in [-0.4, -0.2) is 25.1 Å². The second-order valence-corrected chi connectivity index (χ2v) is 6.92. The van der Waals surface area contributed by atoms with E-state index in [0.717, 1.165) is 5.69 Å². The monoisotopic (exact) mass is 424 g/mol. The van der Waals surface area contributed by atoms with E-state index < -0.39 is 4.92 Å². The van der Waals surface area contributed by atoms with E-state index in [2.05, 4.69) is 15.8 Å². The van der Waals surface area contributed by atoms with Gasteiger partial charge in [0.25, 0.3) is 11.2 Å². The quantitative estimate of drug-likeness (QED) is 0.282. The maximum atomic E-state index is 12.9. The molecular formula is C20H20N6O3S. The molecule has 3 rings (SSSR count). The van der Waals surface area contributed by atoms with Crippen LogP contribution in [0, 0.1) is 17.0 Å². The first kappa shape index (κ1) is 20.9. The smallest absolute Gasteiger partial charge is 0.295 e. The molecule has 154 valence electrons. The third kappa shape index (κ3) is 4.28. The maximum Gasteiger partial charge on any atom is 0.295 e. The largest absolute Gasteiger partial charge is 0.325 e. The van der Waals surface area contributed by atoms with Gasteiger partial charge in [0, 0.05) is 24.7 Å². The first-order chi connectivity index (χ1) is 14.3. The van der Waals surface area contributed by atoms with E-state index in [4.69, 9.17) is 12.2 Å². The third-order valence-electron chi connectivity index (χ3n) is 4.59. The molecule has 1 aromatic heterocycles. The van der Waals surface area contributed by atoms with Gasteiger partial charge in [0.1, 0.15) is 5.69 Å². The van der Waals surface area contributed by atoms with Gasteiger partial charge in [0.15, 0.2) is 5.11 Å². The molecule has 0 saturated carbocycles. The summed E-state index contributed by atoms with van der Waals surface area (Å²) in [5.41, 5.74) is 5.28. The van der Waals surface area contributed by atoms with Gasteiger partial charge in [-0.25, -0.2) is 4.68 Å². The minimum absolute atomic E-state index is 0.0240. The van der Waals surface area contributed by atoms with E-state index in [1.165, 1.54) is 16.8 Å². The van der Waals surface area contributed by atoms with Crippen molar-refractivity contribution in [1.82, 2.24) is 14.8 Å². The zero-order valence-corrected chi connectivity index (χ0v) is 17.4. The Kier molecular flexibility index (Phi) is 6.07. The minimum atomic E-state index is -0.466. The molecule has 0 amide bonds. The number of hydrogen-bond acceptors (Lipinski definition) is 5. The van der Waals surface area contributed by atoms with E-state index in [0.29, 0.717) is 22.7 Å². The molecule has 1 heterocycles. The van der Waals surface area contributed by atoms with Gasteiger partial charge in [-0.3, -0.25) is 25.0 Å². The van der Waals surface area contributed by atoms with Crippen LogP contribution in [0.15, 0.2) is 64.5 Å². The first-order valence-electron chi connectivity index (χ1n) is 8.99. The van der Waals surface area contributed by atoms with Crippen molar-refractivity contribution in [1.29, 1.82) is 0 Å². The first-order valence-corrected chi connectivity index (χ1v) is 9.40. The van der Waals surface area contributed by atoms with Gasteiger partial charge >= 0.3 is 0 Å². The van der Waals surface area contributed by atoms with Crippen molar-refractivity contribution in [2.75, 3.05) is 5.32 Å². The van der Waals surface area contributed by atoms with Crippen LogP contribution in [0.3, 0.4) is 0 Å². The number of thiocarbonyl (C=S) groups is 1. The Bertz CT molecular complexity index is 1200. The second kappa shape index (κ2) is 8.70. The highest BCUT2D eigenvalue weighted by molar-refractivity contribution is 7.80. The molecule has 0 bridgehead atoms. The number of nitrogens with zero attached hydrogens (tertiary/aromatic N) is 4.